The van der Waals surface area contributed by atoms with Gasteiger partial charge in [0.1, 0.15) is 53.6 Å². The number of likely N-dealkylation sites (tertiary alicyclic amines) is 2. The smallest absolute Gasteiger partial charge is 0.254 e. The van der Waals surface area contributed by atoms with Crippen LogP contribution in [0.15, 0.2) is 76.6 Å². The van der Waals surface area contributed by atoms with Gasteiger partial charge in [-0.2, -0.15) is 0 Å². The highest BCUT2D eigenvalue weighted by molar-refractivity contribution is 7.17. The third-order valence-corrected chi connectivity index (χ3v) is 14.1. The zero-order valence-electron chi connectivity index (χ0n) is 36.3. The Morgan fingerprint density at radius 1 is 0.953 bits per heavy atom. The second-order valence-electron chi connectivity index (χ2n) is 16.5. The molecular formula is C47H57N7O8S2. The van der Waals surface area contributed by atoms with Gasteiger partial charge in [0.2, 0.25) is 17.6 Å². The van der Waals surface area contributed by atoms with Crippen LogP contribution in [0, 0.1) is 5.92 Å². The molecule has 0 radical (unpaired) electrons. The van der Waals surface area contributed by atoms with E-state index in [4.69, 9.17) is 28.5 Å². The number of carbonyl (C=O) groups excluding carboxylic acids is 3. The molecule has 2 aliphatic heterocycles. The molecule has 3 atom stereocenters. The van der Waals surface area contributed by atoms with Crippen molar-refractivity contribution >= 4 is 50.5 Å². The standard InChI is InChI=1S/C47H57N7O8S2/c1-3-36(48-2)45(56)51-42(31-9-5-4-6-10-31)47(57)54-19-8-13-39(54)46-50-38(30-64-46)43(55)32-11-7-12-34(27-32)59-24-22-58-23-25-60-41-28-35(62-52-41)29-53-20-15-33(16-21-53)61-40-14-18-49-37-17-26-63-44(37)40/h3,7,11-12,14,17-18,26-28,30-31,33,36,39,42,48H,1,4-6,8-10,13,15-16,19-25,29H2,2H3,(H,51,56)/t36-,39-,42-/m0/s1. The molecule has 2 amide bonds. The molecule has 0 spiro atoms. The van der Waals surface area contributed by atoms with Gasteiger partial charge in [0.15, 0.2) is 5.76 Å². The summed E-state index contributed by atoms with van der Waals surface area (Å²) in [5.41, 5.74) is 1.75. The molecule has 2 saturated heterocycles. The number of benzene rings is 1. The largest absolute Gasteiger partial charge is 0.491 e. The minimum absolute atomic E-state index is 0.0704. The van der Waals surface area contributed by atoms with Crippen LogP contribution in [0.3, 0.4) is 0 Å². The zero-order chi connectivity index (χ0) is 44.3. The van der Waals surface area contributed by atoms with Crippen molar-refractivity contribution in [3.8, 4) is 17.4 Å². The molecule has 340 valence electrons. The summed E-state index contributed by atoms with van der Waals surface area (Å²) in [6.07, 6.45) is 11.9. The summed E-state index contributed by atoms with van der Waals surface area (Å²) >= 11 is 3.04. The van der Waals surface area contributed by atoms with Crippen molar-refractivity contribution in [1.82, 2.24) is 35.6 Å². The number of nitrogens with zero attached hydrogens (tertiary/aromatic N) is 5. The van der Waals surface area contributed by atoms with Crippen LogP contribution in [0.25, 0.3) is 10.2 Å². The van der Waals surface area contributed by atoms with Crippen molar-refractivity contribution < 1.29 is 37.9 Å². The molecule has 0 bridgehead atoms. The van der Waals surface area contributed by atoms with E-state index in [9.17, 15) is 14.4 Å². The van der Waals surface area contributed by atoms with E-state index in [1.165, 1.54) is 11.3 Å². The number of ether oxygens (including phenoxy) is 4. The predicted octanol–water partition coefficient (Wildman–Crippen LogP) is 6.99. The molecule has 4 aromatic heterocycles. The maximum absolute atomic E-state index is 14.2. The number of hydrogen-bond donors (Lipinski definition) is 2. The molecule has 5 aromatic rings. The lowest BCUT2D eigenvalue weighted by molar-refractivity contribution is -0.139. The maximum Gasteiger partial charge on any atom is 0.254 e. The highest BCUT2D eigenvalue weighted by atomic mass is 32.1. The molecule has 15 nitrogen and oxygen atoms in total. The van der Waals surface area contributed by atoms with Crippen LogP contribution >= 0.6 is 22.7 Å². The Kier molecular flexibility index (Phi) is 15.7. The topological polar surface area (TPSA) is 170 Å². The fraction of sp³-hybridized carbons (Fsp3) is 0.489. The molecule has 17 heteroatoms. The van der Waals surface area contributed by atoms with E-state index in [2.05, 4.69) is 32.3 Å². The van der Waals surface area contributed by atoms with Crippen LogP contribution in [0.5, 0.6) is 17.4 Å². The number of ketones is 1. The summed E-state index contributed by atoms with van der Waals surface area (Å²) in [6.45, 7) is 8.04. The highest BCUT2D eigenvalue weighted by Gasteiger charge is 2.40. The first kappa shape index (κ1) is 45.4. The second-order valence-corrected chi connectivity index (χ2v) is 18.3. The minimum Gasteiger partial charge on any atom is -0.491 e. The number of carbonyl (C=O) groups is 3. The first-order chi connectivity index (χ1) is 31.4. The summed E-state index contributed by atoms with van der Waals surface area (Å²) in [4.78, 5) is 54.4. The number of piperidine rings is 1. The SMILES string of the molecule is C=C[C@H](NC)C(=O)N[C@H](C(=O)N1CCC[C@H]1c1nc(C(=O)c2cccc(OCCOCCOc3cc(CN4CCC(Oc5ccnc6ccsc56)CC4)on3)c2)cs1)C1CCCCC1. The first-order valence-corrected chi connectivity index (χ1v) is 24.1. The summed E-state index contributed by atoms with van der Waals surface area (Å²) in [7, 11) is 1.70. The van der Waals surface area contributed by atoms with Gasteiger partial charge in [-0.3, -0.25) is 24.3 Å². The molecule has 64 heavy (non-hydrogen) atoms. The van der Waals surface area contributed by atoms with Crippen LogP contribution < -0.4 is 24.8 Å². The Labute approximate surface area is 381 Å². The number of likely N-dealkylation sites (N-methyl/N-ethyl adjacent to an activating group) is 1. The Bertz CT molecular complexity index is 2340. The molecule has 3 fully saturated rings. The van der Waals surface area contributed by atoms with Crippen LogP contribution in [0.4, 0.5) is 0 Å². The van der Waals surface area contributed by atoms with Gasteiger partial charge in [0.05, 0.1) is 36.0 Å². The van der Waals surface area contributed by atoms with Gasteiger partial charge in [-0.25, -0.2) is 4.98 Å². The molecule has 6 heterocycles. The van der Waals surface area contributed by atoms with Gasteiger partial charge >= 0.3 is 0 Å². The van der Waals surface area contributed by atoms with Gasteiger partial charge in [0.25, 0.3) is 5.88 Å². The van der Waals surface area contributed by atoms with Crippen molar-refractivity contribution in [2.45, 2.75) is 88.6 Å². The number of nitrogens with one attached hydrogen (secondary N) is 2. The van der Waals surface area contributed by atoms with E-state index >= 15 is 0 Å². The number of thiophene rings is 1. The maximum atomic E-state index is 14.2. The van der Waals surface area contributed by atoms with Crippen molar-refractivity contribution in [3.05, 3.63) is 94.1 Å². The number of amides is 2. The molecule has 8 rings (SSSR count). The van der Waals surface area contributed by atoms with E-state index in [0.717, 1.165) is 97.6 Å². The lowest BCUT2D eigenvalue weighted by Crippen LogP contribution is -2.55. The molecule has 1 saturated carbocycles. The minimum atomic E-state index is -0.621. The zero-order valence-corrected chi connectivity index (χ0v) is 37.9. The Hall–Kier alpha value is -5.20. The Morgan fingerprint density at radius 2 is 1.78 bits per heavy atom. The van der Waals surface area contributed by atoms with Gasteiger partial charge in [-0.05, 0) is 86.3 Å². The fourth-order valence-electron chi connectivity index (χ4n) is 8.82. The van der Waals surface area contributed by atoms with Crippen molar-refractivity contribution in [3.63, 3.8) is 0 Å². The average molecular weight is 912 g/mol. The van der Waals surface area contributed by atoms with E-state index in [-0.39, 0.29) is 42.3 Å². The van der Waals surface area contributed by atoms with Crippen molar-refractivity contribution in [2.75, 3.05) is 53.1 Å². The van der Waals surface area contributed by atoms with Gasteiger partial charge < -0.3 is 39.0 Å². The number of aromatic nitrogens is 3. The van der Waals surface area contributed by atoms with E-state index in [0.29, 0.717) is 55.8 Å². The van der Waals surface area contributed by atoms with E-state index < -0.39 is 12.1 Å². The number of thiazole rings is 1. The number of fused-ring (bicyclic) bond motifs is 1. The monoisotopic (exact) mass is 911 g/mol. The van der Waals surface area contributed by atoms with Gasteiger partial charge in [0, 0.05) is 42.8 Å². The van der Waals surface area contributed by atoms with Crippen molar-refractivity contribution in [2.24, 2.45) is 5.92 Å². The van der Waals surface area contributed by atoms with Crippen LogP contribution in [0.1, 0.15) is 90.6 Å². The molecular weight excluding hydrogens is 855 g/mol. The lowest BCUT2D eigenvalue weighted by Gasteiger charge is -2.35. The van der Waals surface area contributed by atoms with Gasteiger partial charge in [-0.1, -0.05) is 37.5 Å². The fourth-order valence-corrected chi connectivity index (χ4v) is 10.6. The quantitative estimate of drug-likeness (QED) is 0.0439. The third-order valence-electron chi connectivity index (χ3n) is 12.2. The number of pyridine rings is 1. The first-order valence-electron chi connectivity index (χ1n) is 22.4. The molecule has 3 aliphatic rings. The molecule has 1 aromatic carbocycles. The lowest BCUT2D eigenvalue weighted by atomic mass is 9.83. The normalized spacial score (nSPS) is 18.5. The van der Waals surface area contributed by atoms with Crippen LogP contribution in [-0.4, -0.2) is 114 Å². The highest BCUT2D eigenvalue weighted by Crippen LogP contribution is 2.37. The number of hydrogen-bond acceptors (Lipinski definition) is 15. The summed E-state index contributed by atoms with van der Waals surface area (Å²) < 4.78 is 30.4. The molecule has 2 N–H and O–H groups in total. The Balaban J connectivity index is 0.747. The average Bonchev–Trinajstić information content (AvgIpc) is 4.18. The summed E-state index contributed by atoms with van der Waals surface area (Å²) in [5, 5.41) is 14.6. The Morgan fingerprint density at radius 3 is 2.59 bits per heavy atom. The summed E-state index contributed by atoms with van der Waals surface area (Å²) in [6, 6.07) is 11.3. The van der Waals surface area contributed by atoms with Gasteiger partial charge in [-0.15, -0.1) is 29.3 Å². The number of rotatable bonds is 21. The van der Waals surface area contributed by atoms with E-state index in [1.54, 1.807) is 60.3 Å². The molecule has 1 aliphatic carbocycles. The van der Waals surface area contributed by atoms with Crippen LogP contribution in [0.2, 0.25) is 0 Å². The second kappa shape index (κ2) is 22.1. The third kappa shape index (κ3) is 11.4. The van der Waals surface area contributed by atoms with Crippen molar-refractivity contribution in [1.29, 1.82) is 0 Å². The van der Waals surface area contributed by atoms with Crippen LogP contribution in [-0.2, 0) is 20.9 Å². The molecule has 0 unspecified atom stereocenters. The van der Waals surface area contributed by atoms with E-state index in [1.807, 2.05) is 28.5 Å². The predicted molar refractivity (Wildman–Crippen MR) is 244 cm³/mol. The summed E-state index contributed by atoms with van der Waals surface area (Å²) in [5.74, 6) is 2.13.